The molecular formula is C15H13ClN2O3. The van der Waals surface area contributed by atoms with Crippen LogP contribution in [0.3, 0.4) is 0 Å². The molecule has 108 valence electrons. The maximum Gasteiger partial charge on any atom is 0.337 e. The second-order valence-electron chi connectivity index (χ2n) is 4.06. The lowest BCUT2D eigenvalue weighted by Crippen LogP contribution is -2.00. The molecule has 0 aromatic heterocycles. The smallest absolute Gasteiger partial charge is 0.337 e. The fourth-order valence-electron chi connectivity index (χ4n) is 1.59. The van der Waals surface area contributed by atoms with Crippen LogP contribution in [0.4, 0.5) is 11.4 Å². The van der Waals surface area contributed by atoms with Crippen LogP contribution in [-0.4, -0.2) is 20.2 Å². The monoisotopic (exact) mass is 304 g/mol. The minimum atomic E-state index is -0.451. The van der Waals surface area contributed by atoms with Gasteiger partial charge in [0.25, 0.3) is 0 Å². The van der Waals surface area contributed by atoms with E-state index in [0.29, 0.717) is 22.0 Å². The van der Waals surface area contributed by atoms with E-state index in [1.165, 1.54) is 13.2 Å². The minimum absolute atomic E-state index is 0.366. The number of azo groups is 1. The maximum absolute atomic E-state index is 11.5. The van der Waals surface area contributed by atoms with Crippen molar-refractivity contribution >= 4 is 28.9 Å². The van der Waals surface area contributed by atoms with E-state index in [9.17, 15) is 4.79 Å². The zero-order valence-electron chi connectivity index (χ0n) is 11.5. The standard InChI is InChI=1S/C15H13ClN2O3/c1-20-12-6-4-11(5-7-12)17-18-14-9-10(15(19)21-2)3-8-13(14)16/h3-9H,1-2H3. The summed E-state index contributed by atoms with van der Waals surface area (Å²) < 4.78 is 9.71. The largest absolute Gasteiger partial charge is 0.497 e. The third-order valence-corrected chi connectivity index (χ3v) is 3.03. The van der Waals surface area contributed by atoms with E-state index in [4.69, 9.17) is 16.3 Å². The van der Waals surface area contributed by atoms with Gasteiger partial charge in [0.15, 0.2) is 0 Å². The van der Waals surface area contributed by atoms with Gasteiger partial charge in [0.1, 0.15) is 11.4 Å². The first-order valence-corrected chi connectivity index (χ1v) is 6.45. The van der Waals surface area contributed by atoms with Crippen LogP contribution >= 0.6 is 11.6 Å². The number of carbonyl (C=O) groups excluding carboxylic acids is 1. The summed E-state index contributed by atoms with van der Waals surface area (Å²) in [6, 6.07) is 11.8. The SMILES string of the molecule is COC(=O)c1ccc(Cl)c(N=Nc2ccc(OC)cc2)c1. The van der Waals surface area contributed by atoms with Gasteiger partial charge in [-0.1, -0.05) is 11.6 Å². The van der Waals surface area contributed by atoms with Crippen LogP contribution in [0.25, 0.3) is 0 Å². The van der Waals surface area contributed by atoms with Crippen molar-refractivity contribution in [3.63, 3.8) is 0 Å². The van der Waals surface area contributed by atoms with E-state index in [0.717, 1.165) is 5.75 Å². The highest BCUT2D eigenvalue weighted by molar-refractivity contribution is 6.33. The Bertz CT molecular complexity index is 669. The van der Waals surface area contributed by atoms with Crippen LogP contribution in [0.5, 0.6) is 5.75 Å². The van der Waals surface area contributed by atoms with Crippen molar-refractivity contribution in [2.45, 2.75) is 0 Å². The average Bonchev–Trinajstić information content (AvgIpc) is 2.53. The summed E-state index contributed by atoms with van der Waals surface area (Å²) >= 11 is 6.03. The summed E-state index contributed by atoms with van der Waals surface area (Å²) in [7, 11) is 2.91. The molecular weight excluding hydrogens is 292 g/mol. The van der Waals surface area contributed by atoms with Gasteiger partial charge in [0.2, 0.25) is 0 Å². The van der Waals surface area contributed by atoms with Crippen LogP contribution in [0.1, 0.15) is 10.4 Å². The van der Waals surface area contributed by atoms with E-state index in [2.05, 4.69) is 15.0 Å². The number of nitrogens with zero attached hydrogens (tertiary/aromatic N) is 2. The highest BCUT2D eigenvalue weighted by Gasteiger charge is 2.08. The third-order valence-electron chi connectivity index (χ3n) is 2.71. The normalized spacial score (nSPS) is 10.6. The molecule has 0 bridgehead atoms. The van der Waals surface area contributed by atoms with Crippen molar-refractivity contribution in [1.29, 1.82) is 0 Å². The lowest BCUT2D eigenvalue weighted by Gasteiger charge is -2.02. The van der Waals surface area contributed by atoms with Crippen molar-refractivity contribution in [3.05, 3.63) is 53.1 Å². The number of esters is 1. The molecule has 6 heteroatoms. The second-order valence-corrected chi connectivity index (χ2v) is 4.46. The van der Waals surface area contributed by atoms with Gasteiger partial charge in [-0.2, -0.15) is 5.11 Å². The molecule has 0 saturated heterocycles. The van der Waals surface area contributed by atoms with Gasteiger partial charge in [-0.3, -0.25) is 0 Å². The first kappa shape index (κ1) is 15.0. The third kappa shape index (κ3) is 3.79. The molecule has 0 radical (unpaired) electrons. The molecule has 0 N–H and O–H groups in total. The number of methoxy groups -OCH3 is 2. The van der Waals surface area contributed by atoms with Crippen LogP contribution in [-0.2, 0) is 4.74 Å². The topological polar surface area (TPSA) is 60.2 Å². The molecule has 0 atom stereocenters. The van der Waals surface area contributed by atoms with Crippen LogP contribution in [0.15, 0.2) is 52.7 Å². The van der Waals surface area contributed by atoms with Crippen LogP contribution in [0, 0.1) is 0 Å². The number of ether oxygens (including phenoxy) is 2. The first-order chi connectivity index (χ1) is 10.1. The van der Waals surface area contributed by atoms with Gasteiger partial charge in [0, 0.05) is 0 Å². The summed E-state index contributed by atoms with van der Waals surface area (Å²) in [5.41, 5.74) is 1.41. The van der Waals surface area contributed by atoms with Crippen molar-refractivity contribution in [1.82, 2.24) is 0 Å². The number of carbonyl (C=O) groups is 1. The van der Waals surface area contributed by atoms with E-state index < -0.39 is 5.97 Å². The quantitative estimate of drug-likeness (QED) is 0.615. The average molecular weight is 305 g/mol. The highest BCUT2D eigenvalue weighted by atomic mass is 35.5. The highest BCUT2D eigenvalue weighted by Crippen LogP contribution is 2.28. The fraction of sp³-hybridized carbons (Fsp3) is 0.133. The molecule has 0 unspecified atom stereocenters. The molecule has 0 heterocycles. The van der Waals surface area contributed by atoms with Crippen LogP contribution < -0.4 is 4.74 Å². The molecule has 0 aliphatic carbocycles. The summed E-state index contributed by atoms with van der Waals surface area (Å²) in [5.74, 6) is 0.284. The van der Waals surface area contributed by atoms with Crippen molar-refractivity contribution in [3.8, 4) is 5.75 Å². The van der Waals surface area contributed by atoms with Gasteiger partial charge >= 0.3 is 5.97 Å². The van der Waals surface area contributed by atoms with E-state index in [1.54, 1.807) is 43.5 Å². The van der Waals surface area contributed by atoms with Gasteiger partial charge in [0.05, 0.1) is 30.5 Å². The number of hydrogen-bond acceptors (Lipinski definition) is 5. The predicted octanol–water partition coefficient (Wildman–Crippen LogP) is 4.55. The lowest BCUT2D eigenvalue weighted by molar-refractivity contribution is 0.0601. The van der Waals surface area contributed by atoms with Gasteiger partial charge in [-0.05, 0) is 42.5 Å². The molecule has 0 fully saturated rings. The van der Waals surface area contributed by atoms with Crippen molar-refractivity contribution in [2.24, 2.45) is 10.2 Å². The minimum Gasteiger partial charge on any atom is -0.497 e. The van der Waals surface area contributed by atoms with Gasteiger partial charge in [-0.25, -0.2) is 4.79 Å². The molecule has 2 aromatic carbocycles. The Kier molecular flexibility index (Phi) is 4.90. The predicted molar refractivity (Wildman–Crippen MR) is 80.0 cm³/mol. The molecule has 2 rings (SSSR count). The summed E-state index contributed by atoms with van der Waals surface area (Å²) in [6.07, 6.45) is 0. The number of halogens is 1. The summed E-state index contributed by atoms with van der Waals surface area (Å²) in [5, 5.41) is 8.53. The van der Waals surface area contributed by atoms with Gasteiger partial charge in [-0.15, -0.1) is 5.11 Å². The van der Waals surface area contributed by atoms with Crippen molar-refractivity contribution < 1.29 is 14.3 Å². The fourth-order valence-corrected chi connectivity index (χ4v) is 1.75. The lowest BCUT2D eigenvalue weighted by atomic mass is 10.2. The second kappa shape index (κ2) is 6.85. The summed E-state index contributed by atoms with van der Waals surface area (Å²) in [6.45, 7) is 0. The van der Waals surface area contributed by atoms with E-state index >= 15 is 0 Å². The Morgan fingerprint density at radius 2 is 1.76 bits per heavy atom. The Balaban J connectivity index is 2.24. The Morgan fingerprint density at radius 1 is 1.05 bits per heavy atom. The summed E-state index contributed by atoms with van der Waals surface area (Å²) in [4.78, 5) is 11.5. The zero-order chi connectivity index (χ0) is 15.2. The Labute approximate surface area is 127 Å². The molecule has 0 saturated carbocycles. The molecule has 2 aromatic rings. The van der Waals surface area contributed by atoms with E-state index in [1.807, 2.05) is 0 Å². The zero-order valence-corrected chi connectivity index (χ0v) is 12.3. The molecule has 21 heavy (non-hydrogen) atoms. The maximum atomic E-state index is 11.5. The number of hydrogen-bond donors (Lipinski definition) is 0. The molecule has 0 aliphatic rings. The molecule has 0 aliphatic heterocycles. The van der Waals surface area contributed by atoms with Crippen molar-refractivity contribution in [2.75, 3.05) is 14.2 Å². The molecule has 0 amide bonds. The Morgan fingerprint density at radius 3 is 2.38 bits per heavy atom. The van der Waals surface area contributed by atoms with Crippen LogP contribution in [0.2, 0.25) is 5.02 Å². The van der Waals surface area contributed by atoms with E-state index in [-0.39, 0.29) is 0 Å². The molecule has 0 spiro atoms. The number of rotatable bonds is 4. The molecule has 5 nitrogen and oxygen atoms in total. The first-order valence-electron chi connectivity index (χ1n) is 6.07. The Hall–Kier alpha value is -2.40. The number of benzene rings is 2. The van der Waals surface area contributed by atoms with Gasteiger partial charge < -0.3 is 9.47 Å².